The van der Waals surface area contributed by atoms with Crippen LogP contribution in [0.3, 0.4) is 0 Å². The standard InChI is InChI=1S/C7H11N3O/c1-4(8)6-9-10-7(11-6)5-2-3-5/h4-5H,2-3,8H2,1H3. The molecule has 11 heavy (non-hydrogen) atoms. The number of hydrogen-bond donors (Lipinski definition) is 1. The second kappa shape index (κ2) is 2.30. The van der Waals surface area contributed by atoms with Crippen LogP contribution >= 0.6 is 0 Å². The molecule has 0 spiro atoms. The van der Waals surface area contributed by atoms with Crippen molar-refractivity contribution in [2.45, 2.75) is 31.7 Å². The van der Waals surface area contributed by atoms with Crippen molar-refractivity contribution in [1.29, 1.82) is 0 Å². The maximum absolute atomic E-state index is 5.55. The predicted octanol–water partition coefficient (Wildman–Crippen LogP) is 0.967. The van der Waals surface area contributed by atoms with E-state index in [0.29, 0.717) is 11.8 Å². The van der Waals surface area contributed by atoms with Crippen LogP contribution in [-0.4, -0.2) is 10.2 Å². The zero-order valence-corrected chi connectivity index (χ0v) is 6.45. The van der Waals surface area contributed by atoms with Gasteiger partial charge in [0.2, 0.25) is 11.8 Å². The van der Waals surface area contributed by atoms with E-state index in [-0.39, 0.29) is 6.04 Å². The summed E-state index contributed by atoms with van der Waals surface area (Å²) in [5, 5.41) is 7.74. The molecule has 0 aliphatic heterocycles. The highest BCUT2D eigenvalue weighted by molar-refractivity contribution is 5.00. The zero-order valence-electron chi connectivity index (χ0n) is 6.45. The van der Waals surface area contributed by atoms with Gasteiger partial charge in [-0.05, 0) is 19.8 Å². The molecule has 0 bridgehead atoms. The topological polar surface area (TPSA) is 64.9 Å². The molecule has 2 N–H and O–H groups in total. The Balaban J connectivity index is 2.18. The second-order valence-corrected chi connectivity index (χ2v) is 3.04. The molecule has 1 aliphatic carbocycles. The molecule has 1 saturated carbocycles. The third kappa shape index (κ3) is 1.26. The summed E-state index contributed by atoms with van der Waals surface area (Å²) in [7, 11) is 0. The van der Waals surface area contributed by atoms with Crippen molar-refractivity contribution in [1.82, 2.24) is 10.2 Å². The molecule has 4 nitrogen and oxygen atoms in total. The number of nitrogens with zero attached hydrogens (tertiary/aromatic N) is 2. The lowest BCUT2D eigenvalue weighted by Crippen LogP contribution is -2.04. The fourth-order valence-corrected chi connectivity index (χ4v) is 0.926. The van der Waals surface area contributed by atoms with Gasteiger partial charge in [-0.3, -0.25) is 0 Å². The summed E-state index contributed by atoms with van der Waals surface area (Å²) < 4.78 is 5.32. The van der Waals surface area contributed by atoms with Crippen LogP contribution in [0.15, 0.2) is 4.42 Å². The van der Waals surface area contributed by atoms with Gasteiger partial charge in [-0.25, -0.2) is 0 Å². The lowest BCUT2D eigenvalue weighted by molar-refractivity contribution is 0.428. The lowest BCUT2D eigenvalue weighted by atomic mass is 10.4. The molecule has 0 radical (unpaired) electrons. The van der Waals surface area contributed by atoms with Crippen molar-refractivity contribution in [3.05, 3.63) is 11.8 Å². The number of hydrogen-bond acceptors (Lipinski definition) is 4. The number of nitrogens with two attached hydrogens (primary N) is 1. The Hall–Kier alpha value is -0.900. The summed E-state index contributed by atoms with van der Waals surface area (Å²) in [6.45, 7) is 1.84. The van der Waals surface area contributed by atoms with Gasteiger partial charge in [-0.1, -0.05) is 0 Å². The van der Waals surface area contributed by atoms with Gasteiger partial charge in [0.1, 0.15) is 0 Å². The van der Waals surface area contributed by atoms with Crippen LogP contribution in [0.25, 0.3) is 0 Å². The summed E-state index contributed by atoms with van der Waals surface area (Å²) in [6, 6.07) is -0.144. The Morgan fingerprint density at radius 3 is 2.73 bits per heavy atom. The van der Waals surface area contributed by atoms with Crippen molar-refractivity contribution >= 4 is 0 Å². The van der Waals surface area contributed by atoms with E-state index < -0.39 is 0 Å². The molecule has 2 rings (SSSR count). The Bertz CT molecular complexity index is 235. The first kappa shape index (κ1) is 6.79. The minimum absolute atomic E-state index is 0.144. The molecule has 0 saturated heterocycles. The van der Waals surface area contributed by atoms with Gasteiger partial charge in [0.15, 0.2) is 0 Å². The first-order valence-electron chi connectivity index (χ1n) is 3.86. The minimum atomic E-state index is -0.144. The highest BCUT2D eigenvalue weighted by atomic mass is 16.4. The third-order valence-corrected chi connectivity index (χ3v) is 1.77. The van der Waals surface area contributed by atoms with E-state index in [1.165, 1.54) is 12.8 Å². The molecule has 1 atom stereocenters. The first-order chi connectivity index (χ1) is 5.27. The average Bonchev–Trinajstić information content (AvgIpc) is 2.68. The smallest absolute Gasteiger partial charge is 0.232 e. The van der Waals surface area contributed by atoms with E-state index in [9.17, 15) is 0 Å². The van der Waals surface area contributed by atoms with Crippen LogP contribution in [0, 0.1) is 0 Å². The quantitative estimate of drug-likeness (QED) is 0.687. The summed E-state index contributed by atoms with van der Waals surface area (Å²) in [5.74, 6) is 1.83. The van der Waals surface area contributed by atoms with Crippen LogP contribution in [0.2, 0.25) is 0 Å². The van der Waals surface area contributed by atoms with Crippen molar-refractivity contribution in [3.8, 4) is 0 Å². The Labute approximate surface area is 64.8 Å². The maximum atomic E-state index is 5.55. The largest absolute Gasteiger partial charge is 0.423 e. The van der Waals surface area contributed by atoms with E-state index in [1.807, 2.05) is 6.92 Å². The van der Waals surface area contributed by atoms with Crippen LogP contribution in [0.1, 0.15) is 43.5 Å². The van der Waals surface area contributed by atoms with Crippen molar-refractivity contribution in [2.75, 3.05) is 0 Å². The fraction of sp³-hybridized carbons (Fsp3) is 0.714. The van der Waals surface area contributed by atoms with E-state index in [4.69, 9.17) is 10.2 Å². The highest BCUT2D eigenvalue weighted by Gasteiger charge is 2.29. The van der Waals surface area contributed by atoms with Crippen LogP contribution < -0.4 is 5.73 Å². The molecular formula is C7H11N3O. The number of aromatic nitrogens is 2. The molecule has 1 aromatic rings. The van der Waals surface area contributed by atoms with Crippen molar-refractivity contribution < 1.29 is 4.42 Å². The monoisotopic (exact) mass is 153 g/mol. The van der Waals surface area contributed by atoms with Gasteiger partial charge in [0, 0.05) is 5.92 Å². The normalized spacial score (nSPS) is 20.2. The van der Waals surface area contributed by atoms with Gasteiger partial charge < -0.3 is 10.2 Å². The SMILES string of the molecule is CC(N)c1nnc(C2CC2)o1. The molecule has 0 amide bonds. The molecular weight excluding hydrogens is 142 g/mol. The zero-order chi connectivity index (χ0) is 7.84. The average molecular weight is 153 g/mol. The summed E-state index contributed by atoms with van der Waals surface area (Å²) in [6.07, 6.45) is 2.36. The van der Waals surface area contributed by atoms with E-state index in [2.05, 4.69) is 10.2 Å². The van der Waals surface area contributed by atoms with Gasteiger partial charge in [-0.2, -0.15) is 0 Å². The summed E-state index contributed by atoms with van der Waals surface area (Å²) in [5.41, 5.74) is 5.55. The van der Waals surface area contributed by atoms with Crippen molar-refractivity contribution in [2.24, 2.45) is 5.73 Å². The van der Waals surface area contributed by atoms with Gasteiger partial charge in [0.05, 0.1) is 6.04 Å². The van der Waals surface area contributed by atoms with E-state index >= 15 is 0 Å². The molecule has 1 fully saturated rings. The fourth-order valence-electron chi connectivity index (χ4n) is 0.926. The molecule has 1 unspecified atom stereocenters. The van der Waals surface area contributed by atoms with Crippen molar-refractivity contribution in [3.63, 3.8) is 0 Å². The van der Waals surface area contributed by atoms with Gasteiger partial charge in [-0.15, -0.1) is 10.2 Å². The highest BCUT2D eigenvalue weighted by Crippen LogP contribution is 2.39. The van der Waals surface area contributed by atoms with Crippen LogP contribution in [-0.2, 0) is 0 Å². The second-order valence-electron chi connectivity index (χ2n) is 3.04. The Kier molecular flexibility index (Phi) is 1.42. The Morgan fingerprint density at radius 2 is 2.27 bits per heavy atom. The molecule has 0 aromatic carbocycles. The molecule has 1 aliphatic rings. The lowest BCUT2D eigenvalue weighted by Gasteiger charge is -1.93. The molecule has 1 heterocycles. The van der Waals surface area contributed by atoms with Gasteiger partial charge in [0.25, 0.3) is 0 Å². The first-order valence-corrected chi connectivity index (χ1v) is 3.86. The Morgan fingerprint density at radius 1 is 1.55 bits per heavy atom. The summed E-state index contributed by atoms with van der Waals surface area (Å²) in [4.78, 5) is 0. The van der Waals surface area contributed by atoms with Crippen LogP contribution in [0.5, 0.6) is 0 Å². The summed E-state index contributed by atoms with van der Waals surface area (Å²) >= 11 is 0. The van der Waals surface area contributed by atoms with Crippen LogP contribution in [0.4, 0.5) is 0 Å². The number of rotatable bonds is 2. The van der Waals surface area contributed by atoms with E-state index in [0.717, 1.165) is 5.89 Å². The predicted molar refractivity (Wildman–Crippen MR) is 38.9 cm³/mol. The molecule has 1 aromatic heterocycles. The molecule has 60 valence electrons. The van der Waals surface area contributed by atoms with E-state index in [1.54, 1.807) is 0 Å². The van der Waals surface area contributed by atoms with Gasteiger partial charge >= 0.3 is 0 Å². The minimum Gasteiger partial charge on any atom is -0.423 e. The molecule has 4 heteroatoms. The third-order valence-electron chi connectivity index (χ3n) is 1.77. The maximum Gasteiger partial charge on any atom is 0.232 e.